The number of nitrogens with zero attached hydrogens (tertiary/aromatic N) is 1. The molecule has 0 saturated carbocycles. The molecule has 0 unspecified atom stereocenters. The zero-order chi connectivity index (χ0) is 15.6. The number of carbonyl (C=O) groups excluding carboxylic acids is 1. The maximum Gasteiger partial charge on any atom is 0.308 e. The summed E-state index contributed by atoms with van der Waals surface area (Å²) < 4.78 is 31.2. The molecule has 0 bridgehead atoms. The monoisotopic (exact) mass is 312 g/mol. The van der Waals surface area contributed by atoms with Gasteiger partial charge in [0.2, 0.25) is 10.0 Å². The molecule has 1 heterocycles. The van der Waals surface area contributed by atoms with Gasteiger partial charge in [0.25, 0.3) is 0 Å². The van der Waals surface area contributed by atoms with Crippen LogP contribution < -0.4 is 5.73 Å². The van der Waals surface area contributed by atoms with Crippen LogP contribution in [-0.2, 0) is 19.6 Å². The molecule has 2 rings (SSSR count). The van der Waals surface area contributed by atoms with Gasteiger partial charge in [0.15, 0.2) is 0 Å². The third-order valence-electron chi connectivity index (χ3n) is 3.87. The lowest BCUT2D eigenvalue weighted by molar-refractivity contribution is -0.146. The Balaban J connectivity index is 2.14. The Hall–Kier alpha value is -1.60. The van der Waals surface area contributed by atoms with Crippen molar-refractivity contribution in [1.29, 1.82) is 0 Å². The lowest BCUT2D eigenvalue weighted by Gasteiger charge is -2.30. The van der Waals surface area contributed by atoms with Gasteiger partial charge in [-0.05, 0) is 43.5 Å². The number of nitrogens with two attached hydrogens (primary N) is 1. The van der Waals surface area contributed by atoms with E-state index in [-0.39, 0.29) is 16.8 Å². The van der Waals surface area contributed by atoms with Crippen molar-refractivity contribution in [2.75, 3.05) is 25.9 Å². The number of methoxy groups -OCH3 is 1. The van der Waals surface area contributed by atoms with Crippen LogP contribution in [0.2, 0.25) is 0 Å². The minimum Gasteiger partial charge on any atom is -0.469 e. The average Bonchev–Trinajstić information content (AvgIpc) is 2.49. The molecule has 1 fully saturated rings. The SMILES string of the molecule is COC(=O)C1CCN(S(=O)(=O)c2ccc(N)c(C)c2)CC1. The highest BCUT2D eigenvalue weighted by atomic mass is 32.2. The average molecular weight is 312 g/mol. The van der Waals surface area contributed by atoms with Crippen molar-refractivity contribution in [3.05, 3.63) is 23.8 Å². The number of aryl methyl sites for hydroxylation is 1. The quantitative estimate of drug-likeness (QED) is 0.668. The van der Waals surface area contributed by atoms with Crippen LogP contribution in [0, 0.1) is 12.8 Å². The van der Waals surface area contributed by atoms with Crippen molar-refractivity contribution < 1.29 is 17.9 Å². The number of piperidine rings is 1. The summed E-state index contributed by atoms with van der Waals surface area (Å²) in [5.41, 5.74) is 7.02. The van der Waals surface area contributed by atoms with E-state index in [1.807, 2.05) is 0 Å². The van der Waals surface area contributed by atoms with Gasteiger partial charge in [0.1, 0.15) is 0 Å². The largest absolute Gasteiger partial charge is 0.469 e. The van der Waals surface area contributed by atoms with Crippen molar-refractivity contribution >= 4 is 21.7 Å². The summed E-state index contributed by atoms with van der Waals surface area (Å²) in [4.78, 5) is 11.7. The van der Waals surface area contributed by atoms with Crippen LogP contribution in [0.15, 0.2) is 23.1 Å². The van der Waals surface area contributed by atoms with Gasteiger partial charge in [-0.1, -0.05) is 0 Å². The van der Waals surface area contributed by atoms with Gasteiger partial charge < -0.3 is 10.5 Å². The number of sulfonamides is 1. The fraction of sp³-hybridized carbons (Fsp3) is 0.500. The predicted molar refractivity (Wildman–Crippen MR) is 79.1 cm³/mol. The summed E-state index contributed by atoms with van der Waals surface area (Å²) in [7, 11) is -2.18. The molecule has 6 nitrogen and oxygen atoms in total. The molecule has 0 aliphatic carbocycles. The molecule has 0 radical (unpaired) electrons. The third-order valence-corrected chi connectivity index (χ3v) is 5.76. The van der Waals surface area contributed by atoms with E-state index in [4.69, 9.17) is 10.5 Å². The number of carbonyl (C=O) groups is 1. The van der Waals surface area contributed by atoms with Gasteiger partial charge in [0.05, 0.1) is 17.9 Å². The van der Waals surface area contributed by atoms with Crippen LogP contribution in [0.3, 0.4) is 0 Å². The highest BCUT2D eigenvalue weighted by Gasteiger charge is 2.32. The van der Waals surface area contributed by atoms with Crippen LogP contribution in [0.25, 0.3) is 0 Å². The number of ether oxygens (including phenoxy) is 1. The zero-order valence-corrected chi connectivity index (χ0v) is 13.0. The number of benzene rings is 1. The number of hydrogen-bond donors (Lipinski definition) is 1. The number of rotatable bonds is 3. The van der Waals surface area contributed by atoms with Crippen molar-refractivity contribution in [2.24, 2.45) is 5.92 Å². The molecule has 1 aliphatic heterocycles. The number of hydrogen-bond acceptors (Lipinski definition) is 5. The first-order chi connectivity index (χ1) is 9.86. The maximum absolute atomic E-state index is 12.6. The fourth-order valence-electron chi connectivity index (χ4n) is 2.46. The molecule has 1 aromatic rings. The van der Waals surface area contributed by atoms with E-state index in [0.717, 1.165) is 5.56 Å². The Morgan fingerprint density at radius 3 is 2.48 bits per heavy atom. The molecule has 0 aromatic heterocycles. The summed E-state index contributed by atoms with van der Waals surface area (Å²) in [6, 6.07) is 4.70. The Morgan fingerprint density at radius 2 is 1.95 bits per heavy atom. The van der Waals surface area contributed by atoms with Gasteiger partial charge in [0, 0.05) is 18.8 Å². The predicted octanol–water partition coefficient (Wildman–Crippen LogP) is 1.15. The second kappa shape index (κ2) is 6.03. The normalized spacial score (nSPS) is 17.6. The lowest BCUT2D eigenvalue weighted by Crippen LogP contribution is -2.40. The molecule has 0 amide bonds. The minimum absolute atomic E-state index is 0.213. The van der Waals surface area contributed by atoms with Gasteiger partial charge >= 0.3 is 5.97 Å². The second-order valence-corrected chi connectivity index (χ2v) is 7.16. The Morgan fingerprint density at radius 1 is 1.33 bits per heavy atom. The van der Waals surface area contributed by atoms with Crippen molar-refractivity contribution in [3.63, 3.8) is 0 Å². The molecule has 0 spiro atoms. The first-order valence-corrected chi connectivity index (χ1v) is 8.24. The second-order valence-electron chi connectivity index (χ2n) is 5.22. The summed E-state index contributed by atoms with van der Waals surface area (Å²) >= 11 is 0. The molecular formula is C14H20N2O4S. The van der Waals surface area contributed by atoms with Gasteiger partial charge in [-0.15, -0.1) is 0 Å². The van der Waals surface area contributed by atoms with Crippen molar-refractivity contribution in [3.8, 4) is 0 Å². The molecule has 21 heavy (non-hydrogen) atoms. The third kappa shape index (κ3) is 3.19. The van der Waals surface area contributed by atoms with E-state index in [9.17, 15) is 13.2 Å². The molecule has 7 heteroatoms. The highest BCUT2D eigenvalue weighted by Crippen LogP contribution is 2.26. The van der Waals surface area contributed by atoms with Gasteiger partial charge in [-0.25, -0.2) is 8.42 Å². The van der Waals surface area contributed by atoms with Crippen LogP contribution >= 0.6 is 0 Å². The first-order valence-electron chi connectivity index (χ1n) is 6.80. The molecular weight excluding hydrogens is 292 g/mol. The maximum atomic E-state index is 12.6. The van der Waals surface area contributed by atoms with Crippen LogP contribution in [-0.4, -0.2) is 38.9 Å². The van der Waals surface area contributed by atoms with Crippen LogP contribution in [0.1, 0.15) is 18.4 Å². The van der Waals surface area contributed by atoms with Gasteiger partial charge in [-0.2, -0.15) is 4.31 Å². The van der Waals surface area contributed by atoms with E-state index in [1.165, 1.54) is 17.5 Å². The molecule has 1 aliphatic rings. The summed E-state index contributed by atoms with van der Waals surface area (Å²) in [6.45, 7) is 2.43. The standard InChI is InChI=1S/C14H20N2O4S/c1-10-9-12(3-4-13(10)15)21(18,19)16-7-5-11(6-8-16)14(17)20-2/h3-4,9,11H,5-8,15H2,1-2H3. The summed E-state index contributed by atoms with van der Waals surface area (Å²) in [6.07, 6.45) is 0.972. The minimum atomic E-state index is -3.53. The molecule has 116 valence electrons. The zero-order valence-electron chi connectivity index (χ0n) is 12.2. The lowest BCUT2D eigenvalue weighted by atomic mass is 9.99. The van der Waals surface area contributed by atoms with E-state index in [2.05, 4.69) is 0 Å². The molecule has 2 N–H and O–H groups in total. The highest BCUT2D eigenvalue weighted by molar-refractivity contribution is 7.89. The summed E-state index contributed by atoms with van der Waals surface area (Å²) in [5.74, 6) is -0.481. The smallest absolute Gasteiger partial charge is 0.308 e. The van der Waals surface area contributed by atoms with Gasteiger partial charge in [-0.3, -0.25) is 4.79 Å². The van der Waals surface area contributed by atoms with E-state index in [0.29, 0.717) is 31.6 Å². The Kier molecular flexibility index (Phi) is 4.53. The molecule has 1 saturated heterocycles. The molecule has 1 aromatic carbocycles. The first kappa shape index (κ1) is 15.8. The topological polar surface area (TPSA) is 89.7 Å². The van der Waals surface area contributed by atoms with E-state index < -0.39 is 10.0 Å². The number of nitrogen functional groups attached to an aromatic ring is 1. The van der Waals surface area contributed by atoms with E-state index in [1.54, 1.807) is 19.1 Å². The number of esters is 1. The van der Waals surface area contributed by atoms with Crippen LogP contribution in [0.5, 0.6) is 0 Å². The number of anilines is 1. The Bertz CT molecular complexity index is 634. The van der Waals surface area contributed by atoms with Crippen molar-refractivity contribution in [2.45, 2.75) is 24.7 Å². The summed E-state index contributed by atoms with van der Waals surface area (Å²) in [5, 5.41) is 0. The van der Waals surface area contributed by atoms with Crippen LogP contribution in [0.4, 0.5) is 5.69 Å². The fourth-order valence-corrected chi connectivity index (χ4v) is 4.01. The van der Waals surface area contributed by atoms with Crippen molar-refractivity contribution in [1.82, 2.24) is 4.31 Å². The van der Waals surface area contributed by atoms with E-state index >= 15 is 0 Å². The molecule has 0 atom stereocenters. The Labute approximate surface area is 124 Å².